The van der Waals surface area contributed by atoms with Gasteiger partial charge >= 0.3 is 5.97 Å². The molecule has 1 amide bonds. The second kappa shape index (κ2) is 12.2. The smallest absolute Gasteiger partial charge is 0.373 e. The predicted octanol–water partition coefficient (Wildman–Crippen LogP) is 4.69. The van der Waals surface area contributed by atoms with Gasteiger partial charge in [-0.15, -0.1) is 0 Å². The molecule has 1 aromatic heterocycles. The number of fused-ring (bicyclic) bond motifs is 2. The average Bonchev–Trinajstić information content (AvgIpc) is 3.81. The maximum atomic E-state index is 14.3. The maximum Gasteiger partial charge on any atom is 0.373 e. The number of rotatable bonds is 9. The van der Waals surface area contributed by atoms with E-state index in [1.54, 1.807) is 25.1 Å². The molecule has 246 valence electrons. The van der Waals surface area contributed by atoms with Gasteiger partial charge in [-0.2, -0.15) is 0 Å². The number of Topliss-reactive ketones (excluding diaryl/α,β-unsaturated/α-hetero) is 2. The van der Waals surface area contributed by atoms with Gasteiger partial charge in [0.15, 0.2) is 28.8 Å². The third-order valence-corrected chi connectivity index (χ3v) is 8.91. The van der Waals surface area contributed by atoms with E-state index in [4.69, 9.17) is 39.7 Å². The molecule has 14 heteroatoms. The van der Waals surface area contributed by atoms with Crippen molar-refractivity contribution in [3.63, 3.8) is 0 Å². The number of benzene rings is 2. The van der Waals surface area contributed by atoms with Crippen molar-refractivity contribution in [2.75, 3.05) is 28.1 Å². The fourth-order valence-corrected chi connectivity index (χ4v) is 6.45. The van der Waals surface area contributed by atoms with Crippen molar-refractivity contribution in [2.24, 2.45) is 5.92 Å². The Morgan fingerprint density at radius 3 is 2.53 bits per heavy atom. The van der Waals surface area contributed by atoms with Gasteiger partial charge in [0.2, 0.25) is 29.8 Å². The summed E-state index contributed by atoms with van der Waals surface area (Å²) in [6.45, 7) is 1.52. The second-order valence-electron chi connectivity index (χ2n) is 11.2. The standard InChI is InChI=1S/C33H30ClNO12/c1-15-9-19(36)26(30(38)33(15)31(39)27-23(41-2)12-24(42-3)28(34)29(27)47-33)18(16-5-7-20-22(10-16)45-14-44-20)11-25(37)35-13-17-6-8-21(46-17)32(40)43-4/h5-8,10,12,15,18,38H,9,11,13-14H2,1-4H3,(H,35,37)/t15-,18?,33+/m1/s1. The Kier molecular flexibility index (Phi) is 8.26. The number of aliphatic hydroxyl groups is 1. The molecule has 1 spiro atoms. The van der Waals surface area contributed by atoms with E-state index in [1.165, 1.54) is 39.5 Å². The van der Waals surface area contributed by atoms with Crippen molar-refractivity contribution in [3.8, 4) is 28.7 Å². The highest BCUT2D eigenvalue weighted by atomic mass is 35.5. The Labute approximate surface area is 273 Å². The van der Waals surface area contributed by atoms with Gasteiger partial charge in [-0.1, -0.05) is 24.6 Å². The summed E-state index contributed by atoms with van der Waals surface area (Å²) in [5, 5.41) is 14.8. The number of amides is 1. The molecule has 0 radical (unpaired) electrons. The lowest BCUT2D eigenvalue weighted by Gasteiger charge is -2.38. The highest BCUT2D eigenvalue weighted by Crippen LogP contribution is 2.56. The SMILES string of the molecule is COC(=O)c1ccc(CNC(=O)CC(C2=C(O)[C@@]3(Oc4c(Cl)c(OC)cc(OC)c4C3=O)[C@H](C)CC2=O)c2ccc3c(c2)OCO3)o1. The van der Waals surface area contributed by atoms with Gasteiger partial charge < -0.3 is 43.3 Å². The van der Waals surface area contributed by atoms with Crippen molar-refractivity contribution in [1.29, 1.82) is 0 Å². The van der Waals surface area contributed by atoms with Crippen LogP contribution in [-0.4, -0.2) is 62.3 Å². The molecule has 3 aromatic rings. The monoisotopic (exact) mass is 667 g/mol. The van der Waals surface area contributed by atoms with Crippen LogP contribution in [0, 0.1) is 5.92 Å². The number of carbonyl (C=O) groups excluding carboxylic acids is 4. The molecule has 2 aromatic carbocycles. The number of aliphatic hydroxyl groups excluding tert-OH is 1. The van der Waals surface area contributed by atoms with Crippen molar-refractivity contribution < 1.29 is 57.1 Å². The molecule has 1 unspecified atom stereocenters. The maximum absolute atomic E-state index is 14.3. The minimum Gasteiger partial charge on any atom is -0.507 e. The van der Waals surface area contributed by atoms with Crippen molar-refractivity contribution in [3.05, 3.63) is 75.4 Å². The zero-order chi connectivity index (χ0) is 33.6. The molecule has 0 saturated carbocycles. The topological polar surface area (TPSA) is 169 Å². The van der Waals surface area contributed by atoms with Gasteiger partial charge in [0.25, 0.3) is 0 Å². The van der Waals surface area contributed by atoms with Crippen molar-refractivity contribution in [2.45, 2.75) is 37.8 Å². The Hall–Kier alpha value is -5.17. The molecule has 3 aliphatic rings. The summed E-state index contributed by atoms with van der Waals surface area (Å²) in [6, 6.07) is 9.27. The normalized spacial score (nSPS) is 20.1. The average molecular weight is 668 g/mol. The van der Waals surface area contributed by atoms with E-state index in [0.717, 1.165) is 0 Å². The van der Waals surface area contributed by atoms with Crippen LogP contribution >= 0.6 is 11.6 Å². The number of ether oxygens (including phenoxy) is 6. The van der Waals surface area contributed by atoms with E-state index in [1.807, 2.05) is 0 Å². The summed E-state index contributed by atoms with van der Waals surface area (Å²) >= 11 is 6.57. The van der Waals surface area contributed by atoms with E-state index in [9.17, 15) is 24.3 Å². The first-order valence-corrected chi connectivity index (χ1v) is 14.9. The molecule has 6 rings (SSSR count). The van der Waals surface area contributed by atoms with E-state index >= 15 is 0 Å². The third kappa shape index (κ3) is 5.20. The molecule has 3 heterocycles. The second-order valence-corrected chi connectivity index (χ2v) is 11.5. The molecule has 2 N–H and O–H groups in total. The molecule has 47 heavy (non-hydrogen) atoms. The highest BCUT2D eigenvalue weighted by Gasteiger charge is 2.61. The number of esters is 1. The van der Waals surface area contributed by atoms with E-state index < -0.39 is 46.6 Å². The first kappa shape index (κ1) is 31.8. The molecular weight excluding hydrogens is 638 g/mol. The Morgan fingerprint density at radius 1 is 1.06 bits per heavy atom. The number of methoxy groups -OCH3 is 3. The molecule has 0 bridgehead atoms. The zero-order valence-corrected chi connectivity index (χ0v) is 26.5. The van der Waals surface area contributed by atoms with Gasteiger partial charge in [-0.05, 0) is 29.8 Å². The Balaban J connectivity index is 1.41. The first-order valence-electron chi connectivity index (χ1n) is 14.5. The lowest BCUT2D eigenvalue weighted by molar-refractivity contribution is -0.122. The van der Waals surface area contributed by atoms with E-state index in [2.05, 4.69) is 10.1 Å². The van der Waals surface area contributed by atoms with Crippen molar-refractivity contribution >= 4 is 35.0 Å². The van der Waals surface area contributed by atoms with Gasteiger partial charge in [-0.25, -0.2) is 4.79 Å². The number of hydrogen-bond donors (Lipinski definition) is 2. The number of hydrogen-bond acceptors (Lipinski definition) is 12. The fraction of sp³-hybridized carbons (Fsp3) is 0.333. The summed E-state index contributed by atoms with van der Waals surface area (Å²) in [5.74, 6) is -3.52. The van der Waals surface area contributed by atoms with Crippen LogP contribution in [0.1, 0.15) is 57.9 Å². The largest absolute Gasteiger partial charge is 0.507 e. The molecule has 13 nitrogen and oxygen atoms in total. The quantitative estimate of drug-likeness (QED) is 0.302. The summed E-state index contributed by atoms with van der Waals surface area (Å²) in [6.07, 6.45) is -0.527. The Bertz CT molecular complexity index is 1840. The number of halogens is 1. The minimum absolute atomic E-state index is 0.00690. The van der Waals surface area contributed by atoms with Crippen LogP contribution < -0.4 is 29.0 Å². The number of allylic oxidation sites excluding steroid dienone is 1. The highest BCUT2D eigenvalue weighted by molar-refractivity contribution is 6.35. The molecular formula is C33H30ClNO12. The third-order valence-electron chi connectivity index (χ3n) is 8.56. The summed E-state index contributed by atoms with van der Waals surface area (Å²) < 4.78 is 38.1. The summed E-state index contributed by atoms with van der Waals surface area (Å²) in [5.41, 5.74) is -1.78. The molecule has 0 saturated heterocycles. The van der Waals surface area contributed by atoms with Gasteiger partial charge in [0, 0.05) is 36.3 Å². The van der Waals surface area contributed by atoms with Crippen LogP contribution in [0.2, 0.25) is 5.02 Å². The van der Waals surface area contributed by atoms with Gasteiger partial charge in [-0.3, -0.25) is 14.4 Å². The van der Waals surface area contributed by atoms with E-state index in [-0.39, 0.29) is 71.1 Å². The van der Waals surface area contributed by atoms with Crippen LogP contribution in [0.15, 0.2) is 52.1 Å². The van der Waals surface area contributed by atoms with Gasteiger partial charge in [0.1, 0.15) is 27.8 Å². The number of nitrogens with one attached hydrogen (secondary N) is 1. The molecule has 0 fully saturated rings. The number of furan rings is 1. The fourth-order valence-electron chi connectivity index (χ4n) is 6.18. The lowest BCUT2D eigenvalue weighted by Crippen LogP contribution is -2.53. The number of ketones is 2. The van der Waals surface area contributed by atoms with Gasteiger partial charge in [0.05, 0.1) is 27.9 Å². The predicted molar refractivity (Wildman–Crippen MR) is 163 cm³/mol. The minimum atomic E-state index is -2.04. The number of carbonyl (C=O) groups is 4. The van der Waals surface area contributed by atoms with Crippen LogP contribution in [0.3, 0.4) is 0 Å². The zero-order valence-electron chi connectivity index (χ0n) is 25.8. The summed E-state index contributed by atoms with van der Waals surface area (Å²) in [7, 11) is 3.97. The molecule has 3 atom stereocenters. The van der Waals surface area contributed by atoms with E-state index in [0.29, 0.717) is 17.1 Å². The van der Waals surface area contributed by atoms with Crippen molar-refractivity contribution in [1.82, 2.24) is 5.32 Å². The molecule has 2 aliphatic heterocycles. The van der Waals surface area contributed by atoms with Crippen LogP contribution in [0.4, 0.5) is 0 Å². The Morgan fingerprint density at radius 2 is 1.81 bits per heavy atom. The van der Waals surface area contributed by atoms with Crippen LogP contribution in [-0.2, 0) is 20.9 Å². The van der Waals surface area contributed by atoms with Crippen LogP contribution in [0.5, 0.6) is 28.7 Å². The lowest BCUT2D eigenvalue weighted by atomic mass is 9.69. The first-order chi connectivity index (χ1) is 22.5. The molecule has 1 aliphatic carbocycles. The van der Waals surface area contributed by atoms with Crippen LogP contribution in [0.25, 0.3) is 0 Å². The summed E-state index contributed by atoms with van der Waals surface area (Å²) in [4.78, 5) is 53.3.